The summed E-state index contributed by atoms with van der Waals surface area (Å²) in [4.78, 5) is 0.345. The van der Waals surface area contributed by atoms with Crippen molar-refractivity contribution in [3.8, 4) is 0 Å². The van der Waals surface area contributed by atoms with Gasteiger partial charge in [0.15, 0.2) is 0 Å². The van der Waals surface area contributed by atoms with Gasteiger partial charge in [0.25, 0.3) is 10.0 Å². The number of para-hydroxylation sites is 1. The molecule has 3 nitrogen and oxygen atoms in total. The number of aromatic nitrogens is 1. The highest BCUT2D eigenvalue weighted by atomic mass is 32.2. The topological polar surface area (TPSA) is 39.1 Å². The molecule has 1 aromatic heterocycles. The second kappa shape index (κ2) is 11.7. The molecule has 0 aliphatic rings. The van der Waals surface area contributed by atoms with Crippen LogP contribution in [-0.2, 0) is 10.0 Å². The lowest BCUT2D eigenvalue weighted by Crippen LogP contribution is -2.12. The largest absolute Gasteiger partial charge is 0.268 e. The first-order valence-corrected chi connectivity index (χ1v) is 13.8. The molecular formula is C28H39NO2S. The maximum Gasteiger partial charge on any atom is 0.268 e. The lowest BCUT2D eigenvalue weighted by atomic mass is 9.88. The molecule has 0 radical (unpaired) electrons. The Morgan fingerprint density at radius 2 is 1.38 bits per heavy atom. The van der Waals surface area contributed by atoms with Crippen molar-refractivity contribution >= 4 is 20.9 Å². The van der Waals surface area contributed by atoms with Gasteiger partial charge in [-0.3, -0.25) is 0 Å². The number of fused-ring (bicyclic) bond motifs is 1. The Balaban J connectivity index is 1.99. The zero-order valence-corrected chi connectivity index (χ0v) is 20.8. The van der Waals surface area contributed by atoms with Crippen LogP contribution in [0.2, 0.25) is 0 Å². The van der Waals surface area contributed by atoms with Crippen molar-refractivity contribution < 1.29 is 8.42 Å². The second-order valence-electron chi connectivity index (χ2n) is 9.11. The molecule has 0 spiro atoms. The molecule has 0 N–H and O–H groups in total. The van der Waals surface area contributed by atoms with Gasteiger partial charge >= 0.3 is 0 Å². The number of unbranched alkanes of at least 4 members (excludes halogenated alkanes) is 6. The van der Waals surface area contributed by atoms with E-state index in [1.165, 1.54) is 60.9 Å². The molecule has 2 aromatic carbocycles. The zero-order valence-electron chi connectivity index (χ0n) is 20.0. The van der Waals surface area contributed by atoms with Gasteiger partial charge in [0.2, 0.25) is 0 Å². The highest BCUT2D eigenvalue weighted by Gasteiger charge is 2.24. The van der Waals surface area contributed by atoms with Gasteiger partial charge in [0.05, 0.1) is 10.4 Å². The first-order valence-electron chi connectivity index (χ1n) is 12.4. The Morgan fingerprint density at radius 1 is 0.781 bits per heavy atom. The average Bonchev–Trinajstić information content (AvgIpc) is 3.19. The van der Waals surface area contributed by atoms with Crippen LogP contribution in [0.15, 0.2) is 59.6 Å². The smallest absolute Gasteiger partial charge is 0.241 e. The van der Waals surface area contributed by atoms with Gasteiger partial charge in [0.1, 0.15) is 0 Å². The quantitative estimate of drug-likeness (QED) is 0.245. The number of nitrogens with zero attached hydrogens (tertiary/aromatic N) is 1. The Hall–Kier alpha value is -2.07. The molecule has 174 valence electrons. The van der Waals surface area contributed by atoms with E-state index in [0.29, 0.717) is 10.8 Å². The Labute approximate surface area is 194 Å². The molecule has 0 saturated carbocycles. The van der Waals surface area contributed by atoms with E-state index in [1.54, 1.807) is 12.1 Å². The maximum absolute atomic E-state index is 13.6. The van der Waals surface area contributed by atoms with E-state index in [0.717, 1.165) is 29.3 Å². The van der Waals surface area contributed by atoms with Crippen LogP contribution in [-0.4, -0.2) is 12.4 Å². The summed E-state index contributed by atoms with van der Waals surface area (Å²) >= 11 is 0. The number of hydrogen-bond acceptors (Lipinski definition) is 2. The van der Waals surface area contributed by atoms with Crippen LogP contribution >= 0.6 is 0 Å². The number of aryl methyl sites for hydroxylation is 1. The van der Waals surface area contributed by atoms with Crippen molar-refractivity contribution in [3.05, 3.63) is 65.9 Å². The Bertz CT molecular complexity index is 1070. The first kappa shape index (κ1) is 24.6. The lowest BCUT2D eigenvalue weighted by molar-refractivity contribution is 0.498. The summed E-state index contributed by atoms with van der Waals surface area (Å²) in [5.74, 6) is 0.406. The van der Waals surface area contributed by atoms with E-state index in [-0.39, 0.29) is 0 Å². The zero-order chi connectivity index (χ0) is 23.0. The molecule has 3 rings (SSSR count). The van der Waals surface area contributed by atoms with E-state index in [4.69, 9.17) is 0 Å². The molecule has 0 aliphatic carbocycles. The molecule has 1 heterocycles. The number of hydrogen-bond donors (Lipinski definition) is 0. The van der Waals surface area contributed by atoms with Crippen molar-refractivity contribution in [2.75, 3.05) is 0 Å². The van der Waals surface area contributed by atoms with Crippen LogP contribution < -0.4 is 0 Å². The van der Waals surface area contributed by atoms with Crippen LogP contribution in [0, 0.1) is 6.92 Å². The van der Waals surface area contributed by atoms with E-state index < -0.39 is 10.0 Å². The summed E-state index contributed by atoms with van der Waals surface area (Å²) in [5.41, 5.74) is 3.04. The van der Waals surface area contributed by atoms with E-state index in [9.17, 15) is 8.42 Å². The van der Waals surface area contributed by atoms with Crippen LogP contribution in [0.1, 0.15) is 95.1 Å². The highest BCUT2D eigenvalue weighted by molar-refractivity contribution is 7.90. The van der Waals surface area contributed by atoms with Crippen LogP contribution in [0.3, 0.4) is 0 Å². The lowest BCUT2D eigenvalue weighted by Gasteiger charge is -2.17. The Kier molecular flexibility index (Phi) is 8.98. The molecule has 0 aliphatic heterocycles. The first-order chi connectivity index (χ1) is 15.5. The molecule has 0 bridgehead atoms. The maximum atomic E-state index is 13.6. The third-order valence-electron chi connectivity index (χ3n) is 6.54. The molecule has 32 heavy (non-hydrogen) atoms. The third-order valence-corrected chi connectivity index (χ3v) is 8.23. The van der Waals surface area contributed by atoms with Crippen molar-refractivity contribution in [3.63, 3.8) is 0 Å². The van der Waals surface area contributed by atoms with Crippen LogP contribution in [0.5, 0.6) is 0 Å². The molecule has 0 amide bonds. The fraction of sp³-hybridized carbons (Fsp3) is 0.500. The van der Waals surface area contributed by atoms with E-state index in [2.05, 4.69) is 19.9 Å². The summed E-state index contributed by atoms with van der Waals surface area (Å²) in [6, 6.07) is 15.2. The average molecular weight is 454 g/mol. The van der Waals surface area contributed by atoms with Gasteiger partial charge in [-0.15, -0.1) is 0 Å². The van der Waals surface area contributed by atoms with Gasteiger partial charge in [0, 0.05) is 11.6 Å². The second-order valence-corrected chi connectivity index (χ2v) is 10.9. The van der Waals surface area contributed by atoms with E-state index in [1.807, 2.05) is 43.5 Å². The minimum absolute atomic E-state index is 0.345. The molecule has 0 saturated heterocycles. The molecular weight excluding hydrogens is 414 g/mol. The fourth-order valence-corrected chi connectivity index (χ4v) is 5.99. The Morgan fingerprint density at radius 3 is 1.97 bits per heavy atom. The predicted molar refractivity (Wildman–Crippen MR) is 136 cm³/mol. The van der Waals surface area contributed by atoms with Gasteiger partial charge in [-0.05, 0) is 49.4 Å². The van der Waals surface area contributed by atoms with Crippen molar-refractivity contribution in [2.24, 2.45) is 0 Å². The van der Waals surface area contributed by atoms with Gasteiger partial charge in [-0.25, -0.2) is 12.4 Å². The SMILES string of the molecule is CCCCCCC(CCCCCC)c1cn(S(=O)(=O)c2ccc(C)cc2)c2ccccc12. The highest BCUT2D eigenvalue weighted by Crippen LogP contribution is 2.36. The molecule has 0 unspecified atom stereocenters. The van der Waals surface area contributed by atoms with Crippen LogP contribution in [0.4, 0.5) is 0 Å². The minimum Gasteiger partial charge on any atom is -0.241 e. The summed E-state index contributed by atoms with van der Waals surface area (Å²) in [5, 5.41) is 1.08. The fourth-order valence-electron chi connectivity index (χ4n) is 4.61. The van der Waals surface area contributed by atoms with Crippen molar-refractivity contribution in [1.29, 1.82) is 0 Å². The predicted octanol–water partition coefficient (Wildman–Crippen LogP) is 8.21. The number of benzene rings is 2. The molecule has 3 aromatic rings. The van der Waals surface area contributed by atoms with E-state index >= 15 is 0 Å². The molecule has 0 fully saturated rings. The monoisotopic (exact) mass is 453 g/mol. The standard InChI is InChI=1S/C28H39NO2S/c1-4-6-8-10-14-24(15-11-9-7-5-2)27-22-29(28-17-13-12-16-26(27)28)32(30,31)25-20-18-23(3)19-21-25/h12-13,16-22,24H,4-11,14-15H2,1-3H3. The van der Waals surface area contributed by atoms with Crippen molar-refractivity contribution in [1.82, 2.24) is 3.97 Å². The summed E-state index contributed by atoms with van der Waals surface area (Å²) in [7, 11) is -3.64. The molecule has 4 heteroatoms. The van der Waals surface area contributed by atoms with Gasteiger partial charge in [-0.1, -0.05) is 101 Å². The minimum atomic E-state index is -3.64. The van der Waals surface area contributed by atoms with Crippen molar-refractivity contribution in [2.45, 2.75) is 95.8 Å². The third kappa shape index (κ3) is 5.83. The summed E-state index contributed by atoms with van der Waals surface area (Å²) < 4.78 is 28.6. The van der Waals surface area contributed by atoms with Gasteiger partial charge in [-0.2, -0.15) is 0 Å². The normalized spacial score (nSPS) is 12.1. The summed E-state index contributed by atoms with van der Waals surface area (Å²) in [6.07, 6.45) is 14.1. The van der Waals surface area contributed by atoms with Crippen LogP contribution in [0.25, 0.3) is 10.9 Å². The van der Waals surface area contributed by atoms with Gasteiger partial charge < -0.3 is 0 Å². The summed E-state index contributed by atoms with van der Waals surface area (Å²) in [6.45, 7) is 6.46. The molecule has 0 atom stereocenters. The number of rotatable bonds is 13.